The predicted octanol–water partition coefficient (Wildman–Crippen LogP) is 1.79. The molecular weight excluding hydrogens is 214 g/mol. The van der Waals surface area contributed by atoms with E-state index in [1.165, 1.54) is 0 Å². The van der Waals surface area contributed by atoms with Crippen LogP contribution in [-0.2, 0) is 6.42 Å². The highest BCUT2D eigenvalue weighted by Gasteiger charge is 2.13. The van der Waals surface area contributed by atoms with Gasteiger partial charge in [-0.25, -0.2) is 4.98 Å². The van der Waals surface area contributed by atoms with Crippen molar-refractivity contribution < 1.29 is 4.79 Å². The molecule has 0 aliphatic heterocycles. The van der Waals surface area contributed by atoms with Crippen LogP contribution in [0.1, 0.15) is 21.5 Å². The molecule has 0 aromatic carbocycles. The van der Waals surface area contributed by atoms with Crippen molar-refractivity contribution in [1.82, 2.24) is 9.97 Å². The van der Waals surface area contributed by atoms with E-state index in [-0.39, 0.29) is 5.78 Å². The number of Topliss-reactive ketones (excluding diaryl/α,β-unsaturated/α-hetero) is 1. The first-order chi connectivity index (χ1) is 8.18. The number of nitrogens with zero attached hydrogens (tertiary/aromatic N) is 2. The lowest BCUT2D eigenvalue weighted by Crippen LogP contribution is -2.10. The van der Waals surface area contributed by atoms with E-state index in [1.54, 1.807) is 24.7 Å². The molecule has 0 bridgehead atoms. The molecule has 0 saturated heterocycles. The molecule has 0 amide bonds. The van der Waals surface area contributed by atoms with Crippen LogP contribution in [0.4, 0.5) is 5.82 Å². The maximum atomic E-state index is 12.1. The highest BCUT2D eigenvalue weighted by Crippen LogP contribution is 2.16. The Kier molecular flexibility index (Phi) is 3.14. The SMILES string of the molecule is Cc1ccnc(N)c1C(=O)Cc1ccncc1. The number of pyridine rings is 2. The van der Waals surface area contributed by atoms with Gasteiger partial charge in [0.05, 0.1) is 5.56 Å². The number of nitrogen functional groups attached to an aromatic ring is 1. The second kappa shape index (κ2) is 4.74. The molecule has 4 nitrogen and oxygen atoms in total. The average molecular weight is 227 g/mol. The normalized spacial score (nSPS) is 10.2. The third-order valence-corrected chi connectivity index (χ3v) is 2.58. The monoisotopic (exact) mass is 227 g/mol. The second-order valence-corrected chi connectivity index (χ2v) is 3.84. The Balaban J connectivity index is 2.27. The van der Waals surface area contributed by atoms with Gasteiger partial charge in [0, 0.05) is 25.0 Å². The molecule has 0 fully saturated rings. The minimum atomic E-state index is -0.0145. The minimum Gasteiger partial charge on any atom is -0.383 e. The van der Waals surface area contributed by atoms with Crippen molar-refractivity contribution in [3.8, 4) is 0 Å². The van der Waals surface area contributed by atoms with Crippen molar-refractivity contribution in [3.63, 3.8) is 0 Å². The van der Waals surface area contributed by atoms with Crippen LogP contribution in [0.3, 0.4) is 0 Å². The lowest BCUT2D eigenvalue weighted by atomic mass is 10.0. The Morgan fingerprint density at radius 3 is 2.59 bits per heavy atom. The maximum absolute atomic E-state index is 12.1. The number of hydrogen-bond acceptors (Lipinski definition) is 4. The van der Waals surface area contributed by atoms with Crippen LogP contribution in [0.25, 0.3) is 0 Å². The summed E-state index contributed by atoms with van der Waals surface area (Å²) in [4.78, 5) is 20.0. The fraction of sp³-hybridized carbons (Fsp3) is 0.154. The number of rotatable bonds is 3. The van der Waals surface area contributed by atoms with Crippen molar-refractivity contribution in [2.75, 3.05) is 5.73 Å². The molecule has 4 heteroatoms. The molecule has 2 aromatic rings. The Morgan fingerprint density at radius 2 is 1.94 bits per heavy atom. The van der Waals surface area contributed by atoms with E-state index in [1.807, 2.05) is 19.1 Å². The van der Waals surface area contributed by atoms with Gasteiger partial charge in [-0.15, -0.1) is 0 Å². The summed E-state index contributed by atoms with van der Waals surface area (Å²) in [7, 11) is 0. The van der Waals surface area contributed by atoms with Gasteiger partial charge in [0.15, 0.2) is 5.78 Å². The van der Waals surface area contributed by atoms with Gasteiger partial charge in [-0.3, -0.25) is 9.78 Å². The zero-order valence-corrected chi connectivity index (χ0v) is 9.55. The molecule has 2 aromatic heterocycles. The van der Waals surface area contributed by atoms with Gasteiger partial charge in [-0.05, 0) is 36.2 Å². The number of carbonyl (C=O) groups excluding carboxylic acids is 1. The van der Waals surface area contributed by atoms with Crippen molar-refractivity contribution in [2.24, 2.45) is 0 Å². The van der Waals surface area contributed by atoms with Crippen molar-refractivity contribution in [2.45, 2.75) is 13.3 Å². The molecule has 86 valence electrons. The van der Waals surface area contributed by atoms with Crippen molar-refractivity contribution in [1.29, 1.82) is 0 Å². The fourth-order valence-electron chi connectivity index (χ4n) is 1.72. The van der Waals surface area contributed by atoms with Gasteiger partial charge in [0.25, 0.3) is 0 Å². The molecule has 2 rings (SSSR count). The lowest BCUT2D eigenvalue weighted by Gasteiger charge is -2.07. The first-order valence-corrected chi connectivity index (χ1v) is 5.31. The quantitative estimate of drug-likeness (QED) is 0.812. The summed E-state index contributed by atoms with van der Waals surface area (Å²) in [6, 6.07) is 5.43. The van der Waals surface area contributed by atoms with Crippen LogP contribution in [0.5, 0.6) is 0 Å². The van der Waals surface area contributed by atoms with Crippen LogP contribution >= 0.6 is 0 Å². The van der Waals surface area contributed by atoms with E-state index in [4.69, 9.17) is 5.73 Å². The van der Waals surface area contributed by atoms with E-state index < -0.39 is 0 Å². The van der Waals surface area contributed by atoms with Crippen LogP contribution in [0.15, 0.2) is 36.8 Å². The van der Waals surface area contributed by atoms with Crippen molar-refractivity contribution >= 4 is 11.6 Å². The van der Waals surface area contributed by atoms with E-state index in [2.05, 4.69) is 9.97 Å². The van der Waals surface area contributed by atoms with E-state index in [0.29, 0.717) is 17.8 Å². The minimum absolute atomic E-state index is 0.0145. The topological polar surface area (TPSA) is 68.9 Å². The Hall–Kier alpha value is -2.23. The number of carbonyl (C=O) groups is 1. The first kappa shape index (κ1) is 11.3. The summed E-state index contributed by atoms with van der Waals surface area (Å²) < 4.78 is 0. The van der Waals surface area contributed by atoms with E-state index >= 15 is 0 Å². The Labute approximate surface area is 99.5 Å². The number of anilines is 1. The van der Waals surface area contributed by atoms with E-state index in [0.717, 1.165) is 11.1 Å². The summed E-state index contributed by atoms with van der Waals surface area (Å²) in [5.74, 6) is 0.281. The zero-order chi connectivity index (χ0) is 12.3. The summed E-state index contributed by atoms with van der Waals surface area (Å²) in [5.41, 5.74) is 8.03. The molecule has 0 atom stereocenters. The highest BCUT2D eigenvalue weighted by atomic mass is 16.1. The molecule has 17 heavy (non-hydrogen) atoms. The summed E-state index contributed by atoms with van der Waals surface area (Å²) >= 11 is 0. The largest absolute Gasteiger partial charge is 0.383 e. The number of ketones is 1. The number of hydrogen-bond donors (Lipinski definition) is 1. The Bertz CT molecular complexity index is 517. The smallest absolute Gasteiger partial charge is 0.171 e. The van der Waals surface area contributed by atoms with Crippen LogP contribution in [0, 0.1) is 6.92 Å². The molecular formula is C13H13N3O. The predicted molar refractivity (Wildman–Crippen MR) is 65.7 cm³/mol. The van der Waals surface area contributed by atoms with Gasteiger partial charge in [-0.1, -0.05) is 0 Å². The molecule has 0 saturated carbocycles. The first-order valence-electron chi connectivity index (χ1n) is 5.31. The number of nitrogens with two attached hydrogens (primary N) is 1. The third-order valence-electron chi connectivity index (χ3n) is 2.58. The average Bonchev–Trinajstić information content (AvgIpc) is 2.30. The molecule has 0 aliphatic rings. The molecule has 2 N–H and O–H groups in total. The lowest BCUT2D eigenvalue weighted by molar-refractivity contribution is 0.0993. The zero-order valence-electron chi connectivity index (χ0n) is 9.55. The summed E-state index contributed by atoms with van der Waals surface area (Å²) in [6.45, 7) is 1.86. The van der Waals surface area contributed by atoms with Gasteiger partial charge in [0.2, 0.25) is 0 Å². The Morgan fingerprint density at radius 1 is 1.24 bits per heavy atom. The van der Waals surface area contributed by atoms with Gasteiger partial charge in [0.1, 0.15) is 5.82 Å². The molecule has 0 unspecified atom stereocenters. The van der Waals surface area contributed by atoms with Gasteiger partial charge >= 0.3 is 0 Å². The fourth-order valence-corrected chi connectivity index (χ4v) is 1.72. The van der Waals surface area contributed by atoms with Gasteiger partial charge < -0.3 is 5.73 Å². The summed E-state index contributed by atoms with van der Waals surface area (Å²) in [5, 5.41) is 0. The summed E-state index contributed by atoms with van der Waals surface area (Å²) in [6.07, 6.45) is 5.26. The molecule has 2 heterocycles. The van der Waals surface area contributed by atoms with Gasteiger partial charge in [-0.2, -0.15) is 0 Å². The van der Waals surface area contributed by atoms with Crippen LogP contribution in [-0.4, -0.2) is 15.8 Å². The number of aryl methyl sites for hydroxylation is 1. The maximum Gasteiger partial charge on any atom is 0.171 e. The standard InChI is InChI=1S/C13H13N3O/c1-9-2-7-16-13(14)12(9)11(17)8-10-3-5-15-6-4-10/h2-7H,8H2,1H3,(H2,14,16). The molecule has 0 radical (unpaired) electrons. The molecule has 0 aliphatic carbocycles. The van der Waals surface area contributed by atoms with Crippen molar-refractivity contribution in [3.05, 3.63) is 53.5 Å². The number of aromatic nitrogens is 2. The second-order valence-electron chi connectivity index (χ2n) is 3.84. The van der Waals surface area contributed by atoms with Crippen LogP contribution in [0.2, 0.25) is 0 Å². The van der Waals surface area contributed by atoms with Crippen LogP contribution < -0.4 is 5.73 Å². The molecule has 0 spiro atoms. The third kappa shape index (κ3) is 2.47. The van der Waals surface area contributed by atoms with E-state index in [9.17, 15) is 4.79 Å². The highest BCUT2D eigenvalue weighted by molar-refractivity contribution is 6.02.